The quantitative estimate of drug-likeness (QED) is 0.559. The molecule has 0 spiro atoms. The zero-order valence-electron chi connectivity index (χ0n) is 6.04. The molecule has 3 N–H and O–H groups in total. The molecule has 0 bridgehead atoms. The number of nitrogens with two attached hydrogens (primary N) is 1. The Kier molecular flexibility index (Phi) is 3.45. The molecule has 0 unspecified atom stereocenters. The molecule has 1 aromatic heterocycles. The van der Waals surface area contributed by atoms with Crippen molar-refractivity contribution in [3.8, 4) is 0 Å². The van der Waals surface area contributed by atoms with Gasteiger partial charge in [-0.05, 0) is 28.8 Å². The first kappa shape index (κ1) is 8.62. The van der Waals surface area contributed by atoms with Crippen molar-refractivity contribution in [2.75, 3.05) is 5.75 Å². The third-order valence-corrected chi connectivity index (χ3v) is 2.68. The number of hydrogen-bond acceptors (Lipinski definition) is 3. The van der Waals surface area contributed by atoms with E-state index in [1.807, 2.05) is 0 Å². The van der Waals surface area contributed by atoms with Crippen molar-refractivity contribution in [1.82, 2.24) is 0 Å². The molecular weight excluding hydrogens is 176 g/mol. The molecule has 11 heavy (non-hydrogen) atoms. The molecule has 0 saturated heterocycles. The summed E-state index contributed by atoms with van der Waals surface area (Å²) in [6.45, 7) is 0. The Balaban J connectivity index is 2.19. The molecule has 0 amide bonds. The number of nitrogens with one attached hydrogen (secondary N) is 1. The maximum Gasteiger partial charge on any atom is 0.151 e. The zero-order valence-corrected chi connectivity index (χ0v) is 7.67. The van der Waals surface area contributed by atoms with Gasteiger partial charge in [0.05, 0.1) is 0 Å². The van der Waals surface area contributed by atoms with E-state index in [1.54, 1.807) is 11.3 Å². The maximum atomic E-state index is 6.97. The van der Waals surface area contributed by atoms with Gasteiger partial charge in [0.2, 0.25) is 0 Å². The van der Waals surface area contributed by atoms with E-state index in [-0.39, 0.29) is 5.17 Å². The standard InChI is InChI=1S/C7H10N2S2/c8-7(9)11-4-2-6-1-3-10-5-6/h1,3,5H,2,4H2,(H3,8,9). The molecule has 0 saturated carbocycles. The molecule has 1 rings (SSSR count). The Bertz CT molecular complexity index is 218. The van der Waals surface area contributed by atoms with Crippen molar-refractivity contribution in [2.45, 2.75) is 6.42 Å². The summed E-state index contributed by atoms with van der Waals surface area (Å²) in [5.41, 5.74) is 6.52. The smallest absolute Gasteiger partial charge is 0.151 e. The highest BCUT2D eigenvalue weighted by Crippen LogP contribution is 2.09. The third kappa shape index (κ3) is 3.43. The average Bonchev–Trinajstić information content (AvgIpc) is 2.39. The van der Waals surface area contributed by atoms with Crippen molar-refractivity contribution >= 4 is 28.3 Å². The molecule has 60 valence electrons. The van der Waals surface area contributed by atoms with E-state index < -0.39 is 0 Å². The average molecular weight is 186 g/mol. The van der Waals surface area contributed by atoms with Gasteiger partial charge in [-0.1, -0.05) is 11.8 Å². The Morgan fingerprint density at radius 2 is 2.55 bits per heavy atom. The number of rotatable bonds is 3. The summed E-state index contributed by atoms with van der Waals surface area (Å²) in [6.07, 6.45) is 1.01. The van der Waals surface area contributed by atoms with E-state index in [4.69, 9.17) is 11.1 Å². The third-order valence-electron chi connectivity index (χ3n) is 1.23. The SMILES string of the molecule is N=C(N)SCCc1ccsc1. The lowest BCUT2D eigenvalue weighted by atomic mass is 10.3. The lowest BCUT2D eigenvalue weighted by molar-refractivity contribution is 1.18. The summed E-state index contributed by atoms with van der Waals surface area (Å²) in [7, 11) is 0. The lowest BCUT2D eigenvalue weighted by Gasteiger charge is -1.95. The van der Waals surface area contributed by atoms with Gasteiger partial charge in [-0.2, -0.15) is 11.3 Å². The second-order valence-corrected chi connectivity index (χ2v) is 4.01. The van der Waals surface area contributed by atoms with Crippen LogP contribution in [-0.4, -0.2) is 10.9 Å². The molecule has 0 atom stereocenters. The van der Waals surface area contributed by atoms with Crippen LogP contribution in [0.1, 0.15) is 5.56 Å². The monoisotopic (exact) mass is 186 g/mol. The van der Waals surface area contributed by atoms with Crippen molar-refractivity contribution in [3.05, 3.63) is 22.4 Å². The summed E-state index contributed by atoms with van der Waals surface area (Å²) < 4.78 is 0. The highest BCUT2D eigenvalue weighted by molar-refractivity contribution is 8.13. The van der Waals surface area contributed by atoms with Gasteiger partial charge in [0.25, 0.3) is 0 Å². The van der Waals surface area contributed by atoms with Crippen LogP contribution in [-0.2, 0) is 6.42 Å². The Morgan fingerprint density at radius 1 is 1.73 bits per heavy atom. The van der Waals surface area contributed by atoms with Crippen molar-refractivity contribution in [2.24, 2.45) is 5.73 Å². The number of aryl methyl sites for hydroxylation is 1. The van der Waals surface area contributed by atoms with Crippen molar-refractivity contribution in [3.63, 3.8) is 0 Å². The van der Waals surface area contributed by atoms with Gasteiger partial charge in [-0.15, -0.1) is 0 Å². The number of thioether (sulfide) groups is 1. The molecule has 0 aliphatic carbocycles. The summed E-state index contributed by atoms with van der Waals surface area (Å²) in [6, 6.07) is 2.10. The number of thiophene rings is 1. The first-order valence-electron chi connectivity index (χ1n) is 3.27. The number of amidine groups is 1. The van der Waals surface area contributed by atoms with Crippen LogP contribution in [0.15, 0.2) is 16.8 Å². The van der Waals surface area contributed by atoms with Gasteiger partial charge in [0.1, 0.15) is 0 Å². The van der Waals surface area contributed by atoms with E-state index in [2.05, 4.69) is 16.8 Å². The van der Waals surface area contributed by atoms with E-state index in [1.165, 1.54) is 17.3 Å². The molecule has 0 aliphatic heterocycles. The van der Waals surface area contributed by atoms with Crippen LogP contribution in [0.4, 0.5) is 0 Å². The molecule has 4 heteroatoms. The van der Waals surface area contributed by atoms with Crippen LogP contribution >= 0.6 is 23.1 Å². The minimum Gasteiger partial charge on any atom is -0.379 e. The fourth-order valence-corrected chi connectivity index (χ4v) is 1.97. The molecule has 1 heterocycles. The van der Waals surface area contributed by atoms with Crippen LogP contribution in [0.25, 0.3) is 0 Å². The van der Waals surface area contributed by atoms with Crippen LogP contribution in [0.3, 0.4) is 0 Å². The highest BCUT2D eigenvalue weighted by atomic mass is 32.2. The van der Waals surface area contributed by atoms with Gasteiger partial charge in [-0.3, -0.25) is 5.41 Å². The van der Waals surface area contributed by atoms with Gasteiger partial charge in [0, 0.05) is 5.75 Å². The van der Waals surface area contributed by atoms with E-state index in [0.29, 0.717) is 0 Å². The summed E-state index contributed by atoms with van der Waals surface area (Å²) >= 11 is 3.10. The Labute approximate surface area is 74.3 Å². The molecule has 2 nitrogen and oxygen atoms in total. The largest absolute Gasteiger partial charge is 0.379 e. The van der Waals surface area contributed by atoms with Crippen LogP contribution in [0.2, 0.25) is 0 Å². The predicted octanol–water partition coefficient (Wildman–Crippen LogP) is 1.92. The zero-order chi connectivity index (χ0) is 8.10. The number of hydrogen-bond donors (Lipinski definition) is 2. The summed E-state index contributed by atoms with van der Waals surface area (Å²) in [5, 5.41) is 11.4. The molecule has 0 fully saturated rings. The highest BCUT2D eigenvalue weighted by Gasteiger charge is 1.94. The fraction of sp³-hybridized carbons (Fsp3) is 0.286. The fourth-order valence-electron chi connectivity index (χ4n) is 0.714. The van der Waals surface area contributed by atoms with Crippen LogP contribution < -0.4 is 5.73 Å². The van der Waals surface area contributed by atoms with E-state index in [9.17, 15) is 0 Å². The topological polar surface area (TPSA) is 49.9 Å². The first-order valence-corrected chi connectivity index (χ1v) is 5.20. The molecule has 0 aliphatic rings. The summed E-state index contributed by atoms with van der Waals surface area (Å²) in [5.74, 6) is 0.909. The normalized spacial score (nSPS) is 9.82. The van der Waals surface area contributed by atoms with Crippen LogP contribution in [0.5, 0.6) is 0 Å². The molecule has 1 aromatic rings. The van der Waals surface area contributed by atoms with E-state index >= 15 is 0 Å². The molecule has 0 aromatic carbocycles. The second-order valence-electron chi connectivity index (χ2n) is 2.09. The summed E-state index contributed by atoms with van der Waals surface area (Å²) in [4.78, 5) is 0. The minimum atomic E-state index is 0.209. The first-order chi connectivity index (χ1) is 5.29. The Hall–Kier alpha value is -0.480. The van der Waals surface area contributed by atoms with Gasteiger partial charge in [-0.25, -0.2) is 0 Å². The van der Waals surface area contributed by atoms with Crippen LogP contribution in [0, 0.1) is 5.41 Å². The van der Waals surface area contributed by atoms with E-state index in [0.717, 1.165) is 12.2 Å². The van der Waals surface area contributed by atoms with Gasteiger partial charge < -0.3 is 5.73 Å². The van der Waals surface area contributed by atoms with Crippen molar-refractivity contribution < 1.29 is 0 Å². The predicted molar refractivity (Wildman–Crippen MR) is 52.4 cm³/mol. The maximum absolute atomic E-state index is 6.97. The molecular formula is C7H10N2S2. The van der Waals surface area contributed by atoms with Gasteiger partial charge in [0.15, 0.2) is 5.17 Å². The minimum absolute atomic E-state index is 0.209. The molecule has 0 radical (unpaired) electrons. The lowest BCUT2D eigenvalue weighted by Crippen LogP contribution is -2.05. The Morgan fingerprint density at radius 3 is 3.09 bits per heavy atom. The van der Waals surface area contributed by atoms with Gasteiger partial charge >= 0.3 is 0 Å². The second kappa shape index (κ2) is 4.41. The van der Waals surface area contributed by atoms with Crippen molar-refractivity contribution in [1.29, 1.82) is 5.41 Å².